The van der Waals surface area contributed by atoms with Gasteiger partial charge in [0.2, 0.25) is 0 Å². The minimum atomic E-state index is -1.36. The largest absolute Gasteiger partial charge is 0.252 e. The van der Waals surface area contributed by atoms with E-state index in [4.69, 9.17) is 9.97 Å². The summed E-state index contributed by atoms with van der Waals surface area (Å²) in [5, 5.41) is 7.89. The zero-order valence-electron chi connectivity index (χ0n) is 21.6. The Morgan fingerprint density at radius 3 is 1.22 bits per heavy atom. The lowest BCUT2D eigenvalue weighted by atomic mass is 10.0. The molecule has 0 radical (unpaired) electrons. The van der Waals surface area contributed by atoms with Crippen LogP contribution in [-0.2, 0) is 0 Å². The van der Waals surface area contributed by atoms with Gasteiger partial charge in [0.05, 0.1) is 39.9 Å². The van der Waals surface area contributed by atoms with E-state index in [1.807, 2.05) is 12.4 Å². The summed E-state index contributed by atoms with van der Waals surface area (Å²) in [6, 6.07) is 22.6. The summed E-state index contributed by atoms with van der Waals surface area (Å²) in [5.41, 5.74) is 3.83. The summed E-state index contributed by atoms with van der Waals surface area (Å²) in [6.07, 6.45) is 3.76. The Bertz CT molecular complexity index is 1490. The lowest BCUT2D eigenvalue weighted by Crippen LogP contribution is -2.37. The number of benzene rings is 4. The lowest BCUT2D eigenvalue weighted by molar-refractivity contribution is 1.21. The molecular weight excluding hydrogens is 604 g/mol. The van der Waals surface area contributed by atoms with E-state index >= 15 is 0 Å². The molecule has 36 heavy (non-hydrogen) atoms. The van der Waals surface area contributed by atoms with Crippen LogP contribution in [0, 0.1) is 0 Å². The van der Waals surface area contributed by atoms with Gasteiger partial charge in [-0.1, -0.05) is 118 Å². The van der Waals surface area contributed by atoms with Crippen molar-refractivity contribution in [2.75, 3.05) is 0 Å². The molecule has 5 rings (SSSR count). The molecule has 1 aromatic heterocycles. The zero-order valence-corrected chi connectivity index (χ0v) is 26.8. The molecule has 0 aliphatic carbocycles. The van der Waals surface area contributed by atoms with Crippen LogP contribution < -0.4 is 10.4 Å². The summed E-state index contributed by atoms with van der Waals surface area (Å²) in [6.45, 7) is 14.3. The molecule has 0 atom stereocenters. The Morgan fingerprint density at radius 1 is 0.500 bits per heavy atom. The fourth-order valence-corrected chi connectivity index (χ4v) is 7.94. The SMILES string of the molecule is C[Si](C)(C)c1ccc2cc(-c3cnc(-c4cc5ccc([Si](C)(C)C)cc5cc4Br)cn3)c(Br)cc2c1. The van der Waals surface area contributed by atoms with Gasteiger partial charge < -0.3 is 0 Å². The first kappa shape index (κ1) is 25.5. The summed E-state index contributed by atoms with van der Waals surface area (Å²) >= 11 is 7.58. The molecule has 6 heteroatoms. The number of halogens is 2. The summed E-state index contributed by atoms with van der Waals surface area (Å²) < 4.78 is 2.07. The van der Waals surface area contributed by atoms with Crippen LogP contribution in [0.2, 0.25) is 39.3 Å². The number of hydrogen-bond acceptors (Lipinski definition) is 2. The predicted molar refractivity (Wildman–Crippen MR) is 169 cm³/mol. The van der Waals surface area contributed by atoms with Crippen molar-refractivity contribution in [2.45, 2.75) is 39.3 Å². The molecule has 5 aromatic rings. The molecule has 182 valence electrons. The van der Waals surface area contributed by atoms with Gasteiger partial charge in [-0.2, -0.15) is 0 Å². The molecule has 0 fully saturated rings. The average Bonchev–Trinajstić information content (AvgIpc) is 2.81. The van der Waals surface area contributed by atoms with Gasteiger partial charge >= 0.3 is 0 Å². The highest BCUT2D eigenvalue weighted by atomic mass is 79.9. The van der Waals surface area contributed by atoms with Gasteiger partial charge in [-0.15, -0.1) is 0 Å². The van der Waals surface area contributed by atoms with Gasteiger partial charge in [-0.3, -0.25) is 9.97 Å². The fourth-order valence-electron chi connectivity index (χ4n) is 4.47. The quantitative estimate of drug-likeness (QED) is 0.185. The van der Waals surface area contributed by atoms with E-state index in [2.05, 4.69) is 132 Å². The van der Waals surface area contributed by atoms with Crippen molar-refractivity contribution in [2.24, 2.45) is 0 Å². The third-order valence-electron chi connectivity index (χ3n) is 6.79. The van der Waals surface area contributed by atoms with Crippen LogP contribution in [0.1, 0.15) is 0 Å². The van der Waals surface area contributed by atoms with Crippen LogP contribution in [0.25, 0.3) is 44.1 Å². The van der Waals surface area contributed by atoms with Gasteiger partial charge in [-0.25, -0.2) is 0 Å². The van der Waals surface area contributed by atoms with E-state index < -0.39 is 16.1 Å². The van der Waals surface area contributed by atoms with E-state index in [1.54, 1.807) is 0 Å². The summed E-state index contributed by atoms with van der Waals surface area (Å²) in [5.74, 6) is 0. The summed E-state index contributed by atoms with van der Waals surface area (Å²) in [7, 11) is -2.71. The molecule has 0 N–H and O–H groups in total. The molecular formula is C30H30Br2N2Si2. The van der Waals surface area contributed by atoms with Gasteiger partial charge in [-0.05, 0) is 45.8 Å². The van der Waals surface area contributed by atoms with Crippen molar-refractivity contribution in [1.29, 1.82) is 0 Å². The second-order valence-corrected chi connectivity index (χ2v) is 23.4. The van der Waals surface area contributed by atoms with E-state index in [1.165, 1.54) is 31.9 Å². The van der Waals surface area contributed by atoms with E-state index in [9.17, 15) is 0 Å². The van der Waals surface area contributed by atoms with Crippen molar-refractivity contribution >= 4 is 79.9 Å². The number of hydrogen-bond donors (Lipinski definition) is 0. The number of rotatable bonds is 4. The van der Waals surface area contributed by atoms with Gasteiger partial charge in [0, 0.05) is 20.1 Å². The molecule has 4 aromatic carbocycles. The monoisotopic (exact) mass is 632 g/mol. The molecule has 0 saturated heterocycles. The maximum Gasteiger partial charge on any atom is 0.0897 e. The van der Waals surface area contributed by atoms with E-state index in [0.717, 1.165) is 31.5 Å². The number of aromatic nitrogens is 2. The molecule has 0 spiro atoms. The van der Waals surface area contributed by atoms with E-state index in [0.29, 0.717) is 0 Å². The van der Waals surface area contributed by atoms with Crippen LogP contribution in [0.5, 0.6) is 0 Å². The highest BCUT2D eigenvalue weighted by Crippen LogP contribution is 2.34. The third kappa shape index (κ3) is 5.01. The number of nitrogens with zero attached hydrogens (tertiary/aromatic N) is 2. The Balaban J connectivity index is 1.50. The van der Waals surface area contributed by atoms with Gasteiger partial charge in [0.25, 0.3) is 0 Å². The first-order valence-corrected chi connectivity index (χ1v) is 20.8. The fraction of sp³-hybridized carbons (Fsp3) is 0.200. The second kappa shape index (κ2) is 9.32. The maximum absolute atomic E-state index is 4.82. The smallest absolute Gasteiger partial charge is 0.0897 e. The van der Waals surface area contributed by atoms with Crippen LogP contribution in [0.15, 0.2) is 82.0 Å². The van der Waals surface area contributed by atoms with Crippen molar-refractivity contribution in [1.82, 2.24) is 9.97 Å². The topological polar surface area (TPSA) is 25.8 Å². The van der Waals surface area contributed by atoms with Crippen molar-refractivity contribution in [3.8, 4) is 22.5 Å². The molecule has 0 unspecified atom stereocenters. The van der Waals surface area contributed by atoms with Crippen molar-refractivity contribution in [3.63, 3.8) is 0 Å². The highest BCUT2D eigenvalue weighted by Gasteiger charge is 2.18. The van der Waals surface area contributed by atoms with Crippen LogP contribution >= 0.6 is 31.9 Å². The van der Waals surface area contributed by atoms with E-state index in [-0.39, 0.29) is 0 Å². The Labute approximate surface area is 232 Å². The van der Waals surface area contributed by atoms with Gasteiger partial charge in [0.15, 0.2) is 0 Å². The molecule has 2 nitrogen and oxygen atoms in total. The zero-order chi connectivity index (χ0) is 25.8. The lowest BCUT2D eigenvalue weighted by Gasteiger charge is -2.18. The first-order chi connectivity index (χ1) is 16.9. The highest BCUT2D eigenvalue weighted by molar-refractivity contribution is 9.11. The Morgan fingerprint density at radius 2 is 0.889 bits per heavy atom. The van der Waals surface area contributed by atoms with Crippen molar-refractivity contribution < 1.29 is 0 Å². The minimum absolute atomic E-state index is 0.860. The van der Waals surface area contributed by atoms with Crippen LogP contribution in [-0.4, -0.2) is 26.1 Å². The third-order valence-corrected chi connectivity index (χ3v) is 12.2. The molecule has 0 saturated carbocycles. The second-order valence-electron chi connectivity index (χ2n) is 11.6. The normalized spacial score (nSPS) is 12.4. The average molecular weight is 635 g/mol. The maximum atomic E-state index is 4.82. The van der Waals surface area contributed by atoms with Crippen LogP contribution in [0.3, 0.4) is 0 Å². The molecule has 0 amide bonds. The summed E-state index contributed by atoms with van der Waals surface area (Å²) in [4.78, 5) is 9.63. The molecule has 0 bridgehead atoms. The molecule has 1 heterocycles. The molecule has 0 aliphatic heterocycles. The van der Waals surface area contributed by atoms with Gasteiger partial charge in [0.1, 0.15) is 0 Å². The molecule has 0 aliphatic rings. The standard InChI is InChI=1S/C30H30Br2N2Si2/c1-35(2,3)23-9-7-19-13-25(27(31)15-21(19)11-23)29-17-34-30(18-33-29)26-14-20-8-10-24(36(4,5)6)12-22(20)16-28(26)32/h7-18H,1-6H3. The van der Waals surface area contributed by atoms with Crippen LogP contribution in [0.4, 0.5) is 0 Å². The predicted octanol–water partition coefficient (Wildman–Crippen LogP) is 8.73. The Kier molecular flexibility index (Phi) is 6.60. The minimum Gasteiger partial charge on any atom is -0.252 e. The Hall–Kier alpha value is -2.13. The first-order valence-electron chi connectivity index (χ1n) is 12.2. The van der Waals surface area contributed by atoms with Crippen molar-refractivity contribution in [3.05, 3.63) is 82.0 Å². The number of fused-ring (bicyclic) bond motifs is 2.